The Hall–Kier alpha value is -2.16. The molecule has 1 atom stereocenters. The van der Waals surface area contributed by atoms with Crippen molar-refractivity contribution in [3.05, 3.63) is 39.7 Å². The zero-order chi connectivity index (χ0) is 16.0. The van der Waals surface area contributed by atoms with Gasteiger partial charge in [-0.2, -0.15) is 16.2 Å². The van der Waals surface area contributed by atoms with Crippen molar-refractivity contribution in [1.82, 2.24) is 5.32 Å². The van der Waals surface area contributed by atoms with Crippen LogP contribution in [0.15, 0.2) is 18.2 Å². The maximum absolute atomic E-state index is 13.4. The molecule has 0 aliphatic heterocycles. The quantitative estimate of drug-likeness (QED) is 0.585. The lowest BCUT2D eigenvalue weighted by Crippen LogP contribution is -2.41. The molecule has 1 amide bonds. The molecule has 0 heterocycles. The molecule has 0 radical (unpaired) electrons. The molecule has 0 aliphatic rings. The van der Waals surface area contributed by atoms with E-state index in [0.717, 1.165) is 12.1 Å². The third kappa shape index (κ3) is 4.71. The molecule has 1 aromatic carbocycles. The van der Waals surface area contributed by atoms with Crippen molar-refractivity contribution in [3.8, 4) is 0 Å². The zero-order valence-electron chi connectivity index (χ0n) is 11.0. The summed E-state index contributed by atoms with van der Waals surface area (Å²) < 4.78 is 13.4. The molecule has 0 bridgehead atoms. The van der Waals surface area contributed by atoms with Gasteiger partial charge >= 0.3 is 11.7 Å². The first kappa shape index (κ1) is 16.9. The van der Waals surface area contributed by atoms with E-state index in [1.807, 2.05) is 0 Å². The number of benzene rings is 1. The minimum atomic E-state index is -1.19. The van der Waals surface area contributed by atoms with Crippen LogP contribution in [0.25, 0.3) is 0 Å². The highest BCUT2D eigenvalue weighted by Gasteiger charge is 2.22. The van der Waals surface area contributed by atoms with Crippen LogP contribution in [0.1, 0.15) is 16.8 Å². The van der Waals surface area contributed by atoms with Crippen molar-refractivity contribution >= 4 is 29.3 Å². The number of hydrogen-bond donors (Lipinski definition) is 2. The summed E-state index contributed by atoms with van der Waals surface area (Å²) in [6, 6.07) is 1.55. The number of nitro groups is 1. The number of nitrogens with one attached hydrogen (secondary N) is 1. The molecular weight excluding hydrogens is 303 g/mol. The van der Waals surface area contributed by atoms with Crippen LogP contribution in [-0.2, 0) is 4.79 Å². The molecular formula is C12H13FN2O5S. The number of thioether (sulfide) groups is 1. The Morgan fingerprint density at radius 2 is 2.19 bits per heavy atom. The number of amides is 1. The van der Waals surface area contributed by atoms with Crippen LogP contribution < -0.4 is 5.32 Å². The summed E-state index contributed by atoms with van der Waals surface area (Å²) in [6.07, 6.45) is 2.02. The second-order valence-corrected chi connectivity index (χ2v) is 5.05. The molecule has 0 fully saturated rings. The lowest BCUT2D eigenvalue weighted by atomic mass is 10.1. The van der Waals surface area contributed by atoms with Gasteiger partial charge in [0, 0.05) is 11.6 Å². The number of rotatable bonds is 7. The summed E-state index contributed by atoms with van der Waals surface area (Å²) in [7, 11) is 0. The zero-order valence-corrected chi connectivity index (χ0v) is 11.9. The Labute approximate surface area is 123 Å². The number of carboxylic acid groups (broad SMARTS) is 1. The van der Waals surface area contributed by atoms with Gasteiger partial charge in [0.25, 0.3) is 5.91 Å². The number of carbonyl (C=O) groups excluding carboxylic acids is 1. The molecule has 9 heteroatoms. The monoisotopic (exact) mass is 316 g/mol. The highest BCUT2D eigenvalue weighted by molar-refractivity contribution is 7.98. The van der Waals surface area contributed by atoms with Crippen LogP contribution in [0.5, 0.6) is 0 Å². The number of nitrogens with zero attached hydrogens (tertiary/aromatic N) is 1. The summed E-state index contributed by atoms with van der Waals surface area (Å²) in [4.78, 5) is 32.4. The van der Waals surface area contributed by atoms with E-state index in [4.69, 9.17) is 5.11 Å². The van der Waals surface area contributed by atoms with Crippen molar-refractivity contribution in [2.24, 2.45) is 0 Å². The summed E-state index contributed by atoms with van der Waals surface area (Å²) in [5.74, 6) is -2.60. The standard InChI is InChI=1S/C12H13FN2O5S/c1-21-5-4-9(12(17)18)14-11(16)7-2-3-10(15(19)20)8(13)6-7/h2-3,6,9H,4-5H2,1H3,(H,14,16)(H,17,18)/t9-/m0/s1. The highest BCUT2D eigenvalue weighted by Crippen LogP contribution is 2.18. The molecule has 1 aromatic rings. The van der Waals surface area contributed by atoms with Crippen LogP contribution >= 0.6 is 11.8 Å². The molecule has 0 saturated carbocycles. The first-order chi connectivity index (χ1) is 9.86. The van der Waals surface area contributed by atoms with E-state index >= 15 is 0 Å². The van der Waals surface area contributed by atoms with Crippen molar-refractivity contribution in [2.75, 3.05) is 12.0 Å². The van der Waals surface area contributed by atoms with Crippen LogP contribution in [0.2, 0.25) is 0 Å². The van der Waals surface area contributed by atoms with E-state index in [9.17, 15) is 24.1 Å². The fraction of sp³-hybridized carbons (Fsp3) is 0.333. The van der Waals surface area contributed by atoms with Crippen molar-refractivity contribution in [1.29, 1.82) is 0 Å². The number of carboxylic acids is 1. The van der Waals surface area contributed by atoms with Gasteiger partial charge in [0.15, 0.2) is 0 Å². The van der Waals surface area contributed by atoms with E-state index in [1.165, 1.54) is 11.8 Å². The molecule has 21 heavy (non-hydrogen) atoms. The molecule has 0 aromatic heterocycles. The molecule has 0 aliphatic carbocycles. The van der Waals surface area contributed by atoms with Gasteiger partial charge in [0.1, 0.15) is 6.04 Å². The number of aliphatic carboxylic acids is 1. The van der Waals surface area contributed by atoms with E-state index < -0.39 is 34.3 Å². The smallest absolute Gasteiger partial charge is 0.326 e. The molecule has 114 valence electrons. The first-order valence-corrected chi connectivity index (χ1v) is 7.22. The first-order valence-electron chi connectivity index (χ1n) is 5.83. The molecule has 2 N–H and O–H groups in total. The predicted molar refractivity (Wildman–Crippen MR) is 74.9 cm³/mol. The number of halogens is 1. The Balaban J connectivity index is 2.85. The van der Waals surface area contributed by atoms with Crippen molar-refractivity contribution in [3.63, 3.8) is 0 Å². The van der Waals surface area contributed by atoms with E-state index in [-0.39, 0.29) is 12.0 Å². The van der Waals surface area contributed by atoms with Crippen LogP contribution in [0, 0.1) is 15.9 Å². The van der Waals surface area contributed by atoms with Gasteiger partial charge in [-0.3, -0.25) is 14.9 Å². The topological polar surface area (TPSA) is 110 Å². The van der Waals surface area contributed by atoms with Crippen LogP contribution in [0.4, 0.5) is 10.1 Å². The van der Waals surface area contributed by atoms with E-state index in [1.54, 1.807) is 6.26 Å². The third-order valence-corrected chi connectivity index (χ3v) is 3.26. The van der Waals surface area contributed by atoms with Gasteiger partial charge in [-0.05, 0) is 30.6 Å². The second kappa shape index (κ2) is 7.58. The summed E-state index contributed by atoms with van der Waals surface area (Å²) in [5, 5.41) is 21.7. The number of nitro benzene ring substituents is 1. The molecule has 0 saturated heterocycles. The van der Waals surface area contributed by atoms with Gasteiger partial charge in [-0.1, -0.05) is 0 Å². The lowest BCUT2D eigenvalue weighted by molar-refractivity contribution is -0.387. The minimum Gasteiger partial charge on any atom is -0.480 e. The Bertz CT molecular complexity index is 567. The van der Waals surface area contributed by atoms with Gasteiger partial charge < -0.3 is 10.4 Å². The van der Waals surface area contributed by atoms with Crippen molar-refractivity contribution < 1.29 is 24.0 Å². The van der Waals surface area contributed by atoms with Gasteiger partial charge in [0.2, 0.25) is 5.82 Å². The summed E-state index contributed by atoms with van der Waals surface area (Å²) in [5.41, 5.74) is -0.919. The lowest BCUT2D eigenvalue weighted by Gasteiger charge is -2.13. The molecule has 0 spiro atoms. The summed E-state index contributed by atoms with van der Waals surface area (Å²) in [6.45, 7) is 0. The van der Waals surface area contributed by atoms with Gasteiger partial charge in [-0.25, -0.2) is 4.79 Å². The minimum absolute atomic E-state index is 0.173. The predicted octanol–water partition coefficient (Wildman–Crippen LogP) is 1.67. The van der Waals surface area contributed by atoms with Gasteiger partial charge in [0.05, 0.1) is 4.92 Å². The maximum Gasteiger partial charge on any atom is 0.326 e. The largest absolute Gasteiger partial charge is 0.480 e. The molecule has 7 nitrogen and oxygen atoms in total. The maximum atomic E-state index is 13.4. The van der Waals surface area contributed by atoms with Crippen molar-refractivity contribution in [2.45, 2.75) is 12.5 Å². The van der Waals surface area contributed by atoms with Crippen LogP contribution in [0.3, 0.4) is 0 Å². The van der Waals surface area contributed by atoms with E-state index in [2.05, 4.69) is 5.32 Å². The average Bonchev–Trinajstić information content (AvgIpc) is 2.42. The van der Waals surface area contributed by atoms with Gasteiger partial charge in [-0.15, -0.1) is 0 Å². The highest BCUT2D eigenvalue weighted by atomic mass is 32.2. The average molecular weight is 316 g/mol. The number of hydrogen-bond acceptors (Lipinski definition) is 5. The van der Waals surface area contributed by atoms with E-state index in [0.29, 0.717) is 11.8 Å². The fourth-order valence-corrected chi connectivity index (χ4v) is 2.00. The Kier molecular flexibility index (Phi) is 6.10. The Morgan fingerprint density at radius 3 is 2.67 bits per heavy atom. The third-order valence-electron chi connectivity index (χ3n) is 2.62. The SMILES string of the molecule is CSCC[C@H](NC(=O)c1ccc([N+](=O)[O-])c(F)c1)C(=O)O. The van der Waals surface area contributed by atoms with Crippen LogP contribution in [-0.4, -0.2) is 40.0 Å². The fourth-order valence-electron chi connectivity index (χ4n) is 1.53. The molecule has 0 unspecified atom stereocenters. The normalized spacial score (nSPS) is 11.7. The molecule has 1 rings (SSSR count). The second-order valence-electron chi connectivity index (χ2n) is 4.07. The summed E-state index contributed by atoms with van der Waals surface area (Å²) >= 11 is 1.43. The number of carbonyl (C=O) groups is 2. The Morgan fingerprint density at radius 1 is 1.52 bits per heavy atom.